The molecule has 1 aromatic heterocycles. The molecule has 0 bridgehead atoms. The Hall–Kier alpha value is -2.46. The minimum atomic E-state index is 0.658. The van der Waals surface area contributed by atoms with Crippen molar-refractivity contribution in [2.24, 2.45) is 9.98 Å². The van der Waals surface area contributed by atoms with E-state index in [9.17, 15) is 0 Å². The second kappa shape index (κ2) is 10.5. The molecule has 4 aliphatic heterocycles. The zero-order valence-electron chi connectivity index (χ0n) is 21.2. The van der Waals surface area contributed by atoms with Crippen LogP contribution in [0.3, 0.4) is 0 Å². The van der Waals surface area contributed by atoms with Crippen LogP contribution in [0.25, 0.3) is 10.9 Å². The fourth-order valence-electron chi connectivity index (χ4n) is 5.51. The number of aromatic nitrogens is 2. The molecular formula is C27H35N7OS. The zero-order chi connectivity index (χ0) is 24.5. The van der Waals surface area contributed by atoms with E-state index in [0.717, 1.165) is 78.9 Å². The van der Waals surface area contributed by atoms with E-state index in [1.165, 1.54) is 36.4 Å². The maximum atomic E-state index is 5.62. The highest BCUT2D eigenvalue weighted by atomic mass is 32.2. The molecule has 4 aliphatic rings. The van der Waals surface area contributed by atoms with E-state index in [1.54, 1.807) is 0 Å². The van der Waals surface area contributed by atoms with Crippen LogP contribution in [0.1, 0.15) is 24.8 Å². The fourth-order valence-corrected chi connectivity index (χ4v) is 6.53. The molecule has 190 valence electrons. The standard InChI is InChI=1S/C27H35N7OS/c1-32-8-6-20(7-9-32)33(2)17-19-14-24-25(36-18-19)15-26(34-10-12-35-13-11-34)30-27(29-24)21-4-3-5-23-22(21)16-28-31-23/h3-5,14,16,20H,6-13,15,17-18H2,1-2H3,(H,28,31). The quantitative estimate of drug-likeness (QED) is 0.687. The van der Waals surface area contributed by atoms with Crippen molar-refractivity contribution in [1.82, 2.24) is 24.9 Å². The lowest BCUT2D eigenvalue weighted by Crippen LogP contribution is -2.42. The molecule has 0 atom stereocenters. The van der Waals surface area contributed by atoms with Crippen molar-refractivity contribution in [2.45, 2.75) is 25.3 Å². The van der Waals surface area contributed by atoms with Crippen molar-refractivity contribution in [1.29, 1.82) is 0 Å². The van der Waals surface area contributed by atoms with Crippen LogP contribution < -0.4 is 0 Å². The molecule has 1 N–H and O–H groups in total. The first-order chi connectivity index (χ1) is 17.6. The van der Waals surface area contributed by atoms with E-state index in [4.69, 9.17) is 14.7 Å². The number of ether oxygens (including phenoxy) is 1. The van der Waals surface area contributed by atoms with Crippen LogP contribution in [-0.2, 0) is 4.74 Å². The molecule has 0 spiro atoms. The van der Waals surface area contributed by atoms with Crippen LogP contribution >= 0.6 is 11.8 Å². The van der Waals surface area contributed by atoms with Crippen LogP contribution in [-0.4, -0.2) is 108 Å². The van der Waals surface area contributed by atoms with Gasteiger partial charge >= 0.3 is 0 Å². The molecule has 9 heteroatoms. The van der Waals surface area contributed by atoms with Gasteiger partial charge in [0.15, 0.2) is 5.84 Å². The monoisotopic (exact) mass is 505 g/mol. The molecular weight excluding hydrogens is 470 g/mol. The largest absolute Gasteiger partial charge is 0.378 e. The summed E-state index contributed by atoms with van der Waals surface area (Å²) < 4.78 is 5.62. The molecule has 36 heavy (non-hydrogen) atoms. The third kappa shape index (κ3) is 5.02. The molecule has 8 nitrogen and oxygen atoms in total. The van der Waals surface area contributed by atoms with E-state index < -0.39 is 0 Å². The number of piperidine rings is 1. The predicted molar refractivity (Wildman–Crippen MR) is 148 cm³/mol. The Morgan fingerprint density at radius 2 is 1.97 bits per heavy atom. The first kappa shape index (κ1) is 23.9. The van der Waals surface area contributed by atoms with Crippen molar-refractivity contribution in [2.75, 3.05) is 65.8 Å². The molecule has 0 amide bonds. The molecule has 1 aromatic carbocycles. The summed E-state index contributed by atoms with van der Waals surface area (Å²) in [7, 11) is 4.51. The van der Waals surface area contributed by atoms with Crippen molar-refractivity contribution in [3.8, 4) is 0 Å². The summed E-state index contributed by atoms with van der Waals surface area (Å²) in [4.78, 5) is 19.1. The number of nitrogens with one attached hydrogen (secondary N) is 1. The molecule has 2 saturated heterocycles. The average Bonchev–Trinajstić information content (AvgIpc) is 3.31. The van der Waals surface area contributed by atoms with Gasteiger partial charge in [-0.25, -0.2) is 9.98 Å². The van der Waals surface area contributed by atoms with Crippen LogP contribution in [0.15, 0.2) is 56.6 Å². The second-order valence-corrected chi connectivity index (χ2v) is 11.3. The number of aromatic amines is 1. The number of nitrogens with zero attached hydrogens (tertiary/aromatic N) is 6. The molecule has 5 heterocycles. The van der Waals surface area contributed by atoms with Crippen LogP contribution in [0, 0.1) is 0 Å². The van der Waals surface area contributed by atoms with Gasteiger partial charge in [-0.1, -0.05) is 12.1 Å². The molecule has 0 unspecified atom stereocenters. The van der Waals surface area contributed by atoms with Gasteiger partial charge in [0.05, 0.1) is 30.6 Å². The highest BCUT2D eigenvalue weighted by Gasteiger charge is 2.27. The van der Waals surface area contributed by atoms with E-state index in [2.05, 4.69) is 57.2 Å². The first-order valence-electron chi connectivity index (χ1n) is 13.0. The Morgan fingerprint density at radius 3 is 2.81 bits per heavy atom. The minimum absolute atomic E-state index is 0.658. The maximum Gasteiger partial charge on any atom is 0.162 e. The van der Waals surface area contributed by atoms with E-state index >= 15 is 0 Å². The van der Waals surface area contributed by atoms with Crippen molar-refractivity contribution >= 4 is 34.3 Å². The van der Waals surface area contributed by atoms with Crippen LogP contribution in [0.2, 0.25) is 0 Å². The number of hydrogen-bond donors (Lipinski definition) is 1. The highest BCUT2D eigenvalue weighted by Crippen LogP contribution is 2.36. The van der Waals surface area contributed by atoms with Gasteiger partial charge in [0.1, 0.15) is 5.84 Å². The molecule has 0 radical (unpaired) electrons. The molecule has 0 saturated carbocycles. The zero-order valence-corrected chi connectivity index (χ0v) is 22.1. The minimum Gasteiger partial charge on any atom is -0.378 e. The third-order valence-corrected chi connectivity index (χ3v) is 8.92. The highest BCUT2D eigenvalue weighted by molar-refractivity contribution is 8.03. The number of thioether (sulfide) groups is 1. The molecule has 0 aliphatic carbocycles. The Balaban J connectivity index is 1.32. The van der Waals surface area contributed by atoms with E-state index in [0.29, 0.717) is 6.04 Å². The fraction of sp³-hybridized carbons (Fsp3) is 0.519. The molecule has 2 fully saturated rings. The summed E-state index contributed by atoms with van der Waals surface area (Å²) in [6, 6.07) is 6.87. The Labute approximate surface area is 217 Å². The summed E-state index contributed by atoms with van der Waals surface area (Å²) in [6.07, 6.45) is 7.53. The average molecular weight is 506 g/mol. The Morgan fingerprint density at radius 1 is 1.14 bits per heavy atom. The number of fused-ring (bicyclic) bond motifs is 1. The summed E-state index contributed by atoms with van der Waals surface area (Å²) in [5.41, 5.74) is 4.54. The van der Waals surface area contributed by atoms with Gasteiger partial charge in [-0.05, 0) is 57.7 Å². The summed E-state index contributed by atoms with van der Waals surface area (Å²) >= 11 is 1.94. The number of likely N-dealkylation sites (N-methyl/N-ethyl adjacent to an activating group) is 1. The van der Waals surface area contributed by atoms with Gasteiger partial charge < -0.3 is 14.5 Å². The number of allylic oxidation sites excluding steroid dienone is 1. The Bertz CT molecular complexity index is 1230. The Kier molecular flexibility index (Phi) is 6.97. The van der Waals surface area contributed by atoms with Crippen molar-refractivity contribution < 1.29 is 4.74 Å². The SMILES string of the molecule is CN1CCC(N(C)CC2=CC3=C(CC(N4CCOCC4)=NC(c4cccc5[nH]ncc45)=N3)SC2)CC1. The number of amidine groups is 2. The van der Waals surface area contributed by atoms with Gasteiger partial charge in [0, 0.05) is 53.7 Å². The lowest BCUT2D eigenvalue weighted by molar-refractivity contribution is 0.0675. The second-order valence-electron chi connectivity index (χ2n) is 10.2. The number of morpholine rings is 1. The van der Waals surface area contributed by atoms with Crippen molar-refractivity contribution in [3.05, 3.63) is 52.2 Å². The number of rotatable bonds is 4. The van der Waals surface area contributed by atoms with Crippen LogP contribution in [0.5, 0.6) is 0 Å². The van der Waals surface area contributed by atoms with Gasteiger partial charge in [0.25, 0.3) is 0 Å². The lowest BCUT2D eigenvalue weighted by atomic mass is 10.0. The molecule has 2 aromatic rings. The maximum absolute atomic E-state index is 5.62. The molecule has 6 rings (SSSR count). The lowest BCUT2D eigenvalue weighted by Gasteiger charge is -2.36. The summed E-state index contributed by atoms with van der Waals surface area (Å²) in [5, 5.41) is 8.42. The van der Waals surface area contributed by atoms with Gasteiger partial charge in [-0.3, -0.25) is 10.00 Å². The number of H-pyrrole nitrogens is 1. The van der Waals surface area contributed by atoms with E-state index in [-0.39, 0.29) is 0 Å². The topological polar surface area (TPSA) is 72.3 Å². The number of aliphatic imine (C=N–C) groups is 2. The predicted octanol–water partition coefficient (Wildman–Crippen LogP) is 3.35. The first-order valence-corrected chi connectivity index (χ1v) is 14.0. The van der Waals surface area contributed by atoms with Crippen molar-refractivity contribution in [3.63, 3.8) is 0 Å². The smallest absolute Gasteiger partial charge is 0.162 e. The van der Waals surface area contributed by atoms with Gasteiger partial charge in [0.2, 0.25) is 0 Å². The normalized spacial score (nSPS) is 22.4. The summed E-state index contributed by atoms with van der Waals surface area (Å²) in [5.74, 6) is 2.89. The number of benzene rings is 1. The third-order valence-electron chi connectivity index (χ3n) is 7.70. The number of likely N-dealkylation sites (tertiary alicyclic amines) is 1. The number of hydrogen-bond acceptors (Lipinski definition) is 8. The van der Waals surface area contributed by atoms with E-state index in [1.807, 2.05) is 24.0 Å². The van der Waals surface area contributed by atoms with Gasteiger partial charge in [-0.2, -0.15) is 5.10 Å². The van der Waals surface area contributed by atoms with Gasteiger partial charge in [-0.15, -0.1) is 11.8 Å². The summed E-state index contributed by atoms with van der Waals surface area (Å²) in [6.45, 7) is 6.61. The van der Waals surface area contributed by atoms with Crippen LogP contribution in [0.4, 0.5) is 0 Å².